The molecule has 2 aromatic rings. The van der Waals surface area contributed by atoms with E-state index in [-0.39, 0.29) is 0 Å². The zero-order valence-corrected chi connectivity index (χ0v) is 10.7. The van der Waals surface area contributed by atoms with Crippen molar-refractivity contribution in [3.8, 4) is 5.69 Å². The van der Waals surface area contributed by atoms with E-state index in [0.29, 0.717) is 5.82 Å². The van der Waals surface area contributed by atoms with Gasteiger partial charge in [0.2, 0.25) is 0 Å². The van der Waals surface area contributed by atoms with Gasteiger partial charge in [-0.2, -0.15) is 5.10 Å². The molecule has 0 fully saturated rings. The van der Waals surface area contributed by atoms with E-state index in [0.717, 1.165) is 24.2 Å². The van der Waals surface area contributed by atoms with Crippen molar-refractivity contribution in [3.05, 3.63) is 41.1 Å². The molecule has 90 valence electrons. The minimum absolute atomic E-state index is 0.705. The Morgan fingerprint density at radius 1 is 1.18 bits per heavy atom. The Hall–Kier alpha value is -1.77. The highest BCUT2D eigenvalue weighted by molar-refractivity contribution is 5.46. The molecule has 0 saturated carbocycles. The molecular weight excluding hydrogens is 210 g/mol. The highest BCUT2D eigenvalue weighted by atomic mass is 15.3. The second kappa shape index (κ2) is 4.62. The van der Waals surface area contributed by atoms with E-state index in [2.05, 4.69) is 44.1 Å². The van der Waals surface area contributed by atoms with Crippen molar-refractivity contribution in [2.45, 2.75) is 33.6 Å². The molecule has 2 rings (SSSR count). The van der Waals surface area contributed by atoms with Gasteiger partial charge in [-0.05, 0) is 43.5 Å². The summed E-state index contributed by atoms with van der Waals surface area (Å²) in [6, 6.07) is 8.24. The summed E-state index contributed by atoms with van der Waals surface area (Å²) in [6.45, 7) is 6.35. The molecule has 1 heterocycles. The van der Waals surface area contributed by atoms with Crippen LogP contribution in [0, 0.1) is 13.8 Å². The fraction of sp³-hybridized carbons (Fsp3) is 0.357. The highest BCUT2D eigenvalue weighted by Gasteiger charge is 2.07. The van der Waals surface area contributed by atoms with E-state index in [1.165, 1.54) is 11.1 Å². The summed E-state index contributed by atoms with van der Waals surface area (Å²) in [7, 11) is 0. The number of benzene rings is 1. The molecule has 1 aromatic heterocycles. The lowest BCUT2D eigenvalue weighted by molar-refractivity contribution is 0.810. The number of rotatable bonds is 3. The Labute approximate surface area is 102 Å². The van der Waals surface area contributed by atoms with Crippen molar-refractivity contribution in [3.63, 3.8) is 0 Å². The maximum Gasteiger partial charge on any atom is 0.127 e. The summed E-state index contributed by atoms with van der Waals surface area (Å²) in [5.41, 5.74) is 10.6. The van der Waals surface area contributed by atoms with E-state index in [1.54, 1.807) is 0 Å². The standard InChI is InChI=1S/C14H19N3/c1-4-5-12-9-14(15)17(16-12)13-7-6-10(2)11(3)8-13/h6-9H,4-5,15H2,1-3H3. The summed E-state index contributed by atoms with van der Waals surface area (Å²) >= 11 is 0. The van der Waals surface area contributed by atoms with E-state index < -0.39 is 0 Å². The molecule has 3 heteroatoms. The first-order chi connectivity index (χ1) is 8.11. The third kappa shape index (κ3) is 2.33. The van der Waals surface area contributed by atoms with Crippen LogP contribution in [-0.4, -0.2) is 9.78 Å². The van der Waals surface area contributed by atoms with Crippen molar-refractivity contribution in [1.82, 2.24) is 9.78 Å². The maximum atomic E-state index is 5.99. The monoisotopic (exact) mass is 229 g/mol. The van der Waals surface area contributed by atoms with Gasteiger partial charge in [-0.1, -0.05) is 19.4 Å². The summed E-state index contributed by atoms with van der Waals surface area (Å²) in [4.78, 5) is 0. The number of hydrogen-bond donors (Lipinski definition) is 1. The molecule has 0 saturated heterocycles. The van der Waals surface area contributed by atoms with E-state index in [9.17, 15) is 0 Å². The first-order valence-electron chi connectivity index (χ1n) is 6.04. The zero-order valence-electron chi connectivity index (χ0n) is 10.7. The fourth-order valence-electron chi connectivity index (χ4n) is 1.89. The van der Waals surface area contributed by atoms with Crippen LogP contribution in [-0.2, 0) is 6.42 Å². The van der Waals surface area contributed by atoms with Crippen molar-refractivity contribution < 1.29 is 0 Å². The number of nitrogen functional groups attached to an aromatic ring is 1. The smallest absolute Gasteiger partial charge is 0.127 e. The molecule has 0 aliphatic heterocycles. The van der Waals surface area contributed by atoms with Crippen molar-refractivity contribution in [1.29, 1.82) is 0 Å². The summed E-state index contributed by atoms with van der Waals surface area (Å²) in [5, 5.41) is 4.53. The van der Waals surface area contributed by atoms with Crippen molar-refractivity contribution in [2.75, 3.05) is 5.73 Å². The number of nitrogens with zero attached hydrogens (tertiary/aromatic N) is 2. The average molecular weight is 229 g/mol. The lowest BCUT2D eigenvalue weighted by Gasteiger charge is -2.06. The molecule has 0 amide bonds. The van der Waals surface area contributed by atoms with Crippen molar-refractivity contribution >= 4 is 5.82 Å². The van der Waals surface area contributed by atoms with Crippen LogP contribution in [0.15, 0.2) is 24.3 Å². The Bertz CT molecular complexity index is 526. The Morgan fingerprint density at radius 2 is 1.94 bits per heavy atom. The van der Waals surface area contributed by atoms with Gasteiger partial charge < -0.3 is 5.73 Å². The largest absolute Gasteiger partial charge is 0.384 e. The Balaban J connectivity index is 2.41. The first-order valence-corrected chi connectivity index (χ1v) is 6.04. The second-order valence-corrected chi connectivity index (χ2v) is 4.49. The third-order valence-electron chi connectivity index (χ3n) is 3.03. The number of nitrogens with two attached hydrogens (primary N) is 1. The van der Waals surface area contributed by atoms with Crippen LogP contribution in [0.25, 0.3) is 5.69 Å². The van der Waals surface area contributed by atoms with Gasteiger partial charge >= 0.3 is 0 Å². The number of aromatic nitrogens is 2. The van der Waals surface area contributed by atoms with Crippen LogP contribution in [0.5, 0.6) is 0 Å². The molecule has 0 aliphatic carbocycles. The van der Waals surface area contributed by atoms with Crippen LogP contribution >= 0.6 is 0 Å². The van der Waals surface area contributed by atoms with Gasteiger partial charge in [-0.15, -0.1) is 0 Å². The molecular formula is C14H19N3. The van der Waals surface area contributed by atoms with Crippen LogP contribution in [0.1, 0.15) is 30.2 Å². The second-order valence-electron chi connectivity index (χ2n) is 4.49. The van der Waals surface area contributed by atoms with Gasteiger partial charge in [0, 0.05) is 6.07 Å². The molecule has 0 atom stereocenters. The lowest BCUT2D eigenvalue weighted by Crippen LogP contribution is -2.02. The predicted octanol–water partition coefficient (Wildman–Crippen LogP) is 3.02. The summed E-state index contributed by atoms with van der Waals surface area (Å²) in [5.74, 6) is 0.705. The van der Waals surface area contributed by atoms with Gasteiger partial charge in [0.1, 0.15) is 5.82 Å². The van der Waals surface area contributed by atoms with Gasteiger partial charge in [0.15, 0.2) is 0 Å². The first kappa shape index (κ1) is 11.7. The molecule has 0 aliphatic rings. The van der Waals surface area contributed by atoms with E-state index in [1.807, 2.05) is 10.7 Å². The Kier molecular flexibility index (Phi) is 3.18. The average Bonchev–Trinajstić information content (AvgIpc) is 2.64. The normalized spacial score (nSPS) is 10.8. The summed E-state index contributed by atoms with van der Waals surface area (Å²) in [6.07, 6.45) is 2.06. The maximum absolute atomic E-state index is 5.99. The van der Waals surface area contributed by atoms with E-state index >= 15 is 0 Å². The highest BCUT2D eigenvalue weighted by Crippen LogP contribution is 2.18. The molecule has 2 N–H and O–H groups in total. The van der Waals surface area contributed by atoms with E-state index in [4.69, 9.17) is 5.73 Å². The SMILES string of the molecule is CCCc1cc(N)n(-c2ccc(C)c(C)c2)n1. The lowest BCUT2D eigenvalue weighted by atomic mass is 10.1. The molecule has 3 nitrogen and oxygen atoms in total. The number of aryl methyl sites for hydroxylation is 3. The molecule has 0 spiro atoms. The number of anilines is 1. The summed E-state index contributed by atoms with van der Waals surface area (Å²) < 4.78 is 1.82. The van der Waals surface area contributed by atoms with Crippen molar-refractivity contribution in [2.24, 2.45) is 0 Å². The van der Waals surface area contributed by atoms with Gasteiger partial charge in [0.05, 0.1) is 11.4 Å². The quantitative estimate of drug-likeness (QED) is 0.879. The van der Waals surface area contributed by atoms with Crippen LogP contribution in [0.3, 0.4) is 0 Å². The zero-order chi connectivity index (χ0) is 12.4. The van der Waals surface area contributed by atoms with Crippen LogP contribution in [0.2, 0.25) is 0 Å². The topological polar surface area (TPSA) is 43.8 Å². The minimum Gasteiger partial charge on any atom is -0.384 e. The van der Waals surface area contributed by atoms with Crippen LogP contribution < -0.4 is 5.73 Å². The van der Waals surface area contributed by atoms with Crippen LogP contribution in [0.4, 0.5) is 5.82 Å². The fourth-order valence-corrected chi connectivity index (χ4v) is 1.89. The Morgan fingerprint density at radius 3 is 2.59 bits per heavy atom. The predicted molar refractivity (Wildman–Crippen MR) is 71.4 cm³/mol. The number of hydrogen-bond acceptors (Lipinski definition) is 2. The third-order valence-corrected chi connectivity index (χ3v) is 3.03. The molecule has 17 heavy (non-hydrogen) atoms. The van der Waals surface area contributed by atoms with Gasteiger partial charge in [-0.3, -0.25) is 0 Å². The van der Waals surface area contributed by atoms with Gasteiger partial charge in [-0.25, -0.2) is 4.68 Å². The molecule has 0 bridgehead atoms. The molecule has 0 unspecified atom stereocenters. The minimum atomic E-state index is 0.705. The molecule has 0 radical (unpaired) electrons. The molecule has 1 aromatic carbocycles. The van der Waals surface area contributed by atoms with Gasteiger partial charge in [0.25, 0.3) is 0 Å².